The lowest BCUT2D eigenvalue weighted by atomic mass is 9.94. The summed E-state index contributed by atoms with van der Waals surface area (Å²) in [5, 5.41) is 3.05. The first kappa shape index (κ1) is 15.0. The van der Waals surface area contributed by atoms with Crippen molar-refractivity contribution in [1.82, 2.24) is 10.2 Å². The van der Waals surface area contributed by atoms with E-state index < -0.39 is 0 Å². The molecule has 1 aromatic carbocycles. The molecular weight excluding hydrogens is 304 g/mol. The Hall–Kier alpha value is -2.56. The van der Waals surface area contributed by atoms with Gasteiger partial charge in [0.05, 0.1) is 12.3 Å². The quantitative estimate of drug-likeness (QED) is 0.940. The van der Waals surface area contributed by atoms with Crippen molar-refractivity contribution in [2.24, 2.45) is 0 Å². The molecule has 0 fully saturated rings. The molecule has 0 bridgehead atoms. The van der Waals surface area contributed by atoms with Gasteiger partial charge in [-0.2, -0.15) is 0 Å². The predicted molar refractivity (Wildman–Crippen MR) is 88.3 cm³/mol. The van der Waals surface area contributed by atoms with E-state index in [1.807, 2.05) is 30.3 Å². The summed E-state index contributed by atoms with van der Waals surface area (Å²) in [5.74, 6) is 0.872. The third-order valence-electron chi connectivity index (χ3n) is 4.88. The van der Waals surface area contributed by atoms with E-state index >= 15 is 0 Å². The molecule has 2 aromatic rings. The van der Waals surface area contributed by atoms with E-state index in [-0.39, 0.29) is 17.9 Å². The van der Waals surface area contributed by atoms with Crippen molar-refractivity contribution >= 4 is 11.8 Å². The number of carbonyl (C=O) groups excluding carboxylic acids is 2. The van der Waals surface area contributed by atoms with Gasteiger partial charge < -0.3 is 14.6 Å². The maximum Gasteiger partial charge on any atom is 0.254 e. The van der Waals surface area contributed by atoms with Crippen LogP contribution < -0.4 is 5.32 Å². The molecule has 2 aliphatic rings. The smallest absolute Gasteiger partial charge is 0.254 e. The van der Waals surface area contributed by atoms with Gasteiger partial charge in [0.1, 0.15) is 5.76 Å². The maximum atomic E-state index is 12.3. The van der Waals surface area contributed by atoms with Gasteiger partial charge in [-0.1, -0.05) is 18.2 Å². The van der Waals surface area contributed by atoms with Crippen LogP contribution in [0.3, 0.4) is 0 Å². The Morgan fingerprint density at radius 2 is 2.12 bits per heavy atom. The molecule has 0 saturated heterocycles. The average molecular weight is 324 g/mol. The summed E-state index contributed by atoms with van der Waals surface area (Å²) in [6.07, 6.45) is 4.97. The first-order chi connectivity index (χ1) is 11.7. The molecule has 0 radical (unpaired) electrons. The molecule has 4 rings (SSSR count). The van der Waals surface area contributed by atoms with Crippen LogP contribution in [0.4, 0.5) is 0 Å². The Bertz CT molecular complexity index is 780. The van der Waals surface area contributed by atoms with E-state index in [0.717, 1.165) is 36.1 Å². The van der Waals surface area contributed by atoms with Crippen molar-refractivity contribution in [2.45, 2.75) is 38.3 Å². The van der Waals surface area contributed by atoms with Gasteiger partial charge in [-0.25, -0.2) is 0 Å². The molecule has 1 atom stereocenters. The van der Waals surface area contributed by atoms with Gasteiger partial charge in [0.15, 0.2) is 0 Å². The summed E-state index contributed by atoms with van der Waals surface area (Å²) in [7, 11) is 0. The highest BCUT2D eigenvalue weighted by Gasteiger charge is 2.28. The number of hydrogen-bond acceptors (Lipinski definition) is 3. The number of carbonyl (C=O) groups is 2. The van der Waals surface area contributed by atoms with Crippen LogP contribution in [-0.2, 0) is 17.8 Å². The van der Waals surface area contributed by atoms with Crippen LogP contribution in [0.2, 0.25) is 0 Å². The van der Waals surface area contributed by atoms with Crippen LogP contribution in [0.25, 0.3) is 0 Å². The minimum absolute atomic E-state index is 0.0180. The molecule has 24 heavy (non-hydrogen) atoms. The fourth-order valence-electron chi connectivity index (χ4n) is 3.62. The van der Waals surface area contributed by atoms with Gasteiger partial charge in [-0.3, -0.25) is 9.59 Å². The van der Waals surface area contributed by atoms with Gasteiger partial charge in [0, 0.05) is 25.1 Å². The van der Waals surface area contributed by atoms with E-state index in [2.05, 4.69) is 5.32 Å². The lowest BCUT2D eigenvalue weighted by Crippen LogP contribution is -2.34. The van der Waals surface area contributed by atoms with Crippen LogP contribution in [-0.4, -0.2) is 23.3 Å². The number of amides is 2. The van der Waals surface area contributed by atoms with Crippen molar-refractivity contribution in [3.8, 4) is 0 Å². The molecule has 1 N–H and O–H groups in total. The van der Waals surface area contributed by atoms with Crippen molar-refractivity contribution < 1.29 is 14.0 Å². The normalized spacial score (nSPS) is 19.1. The molecule has 1 aliphatic carbocycles. The molecule has 2 amide bonds. The fourth-order valence-corrected chi connectivity index (χ4v) is 3.62. The molecule has 1 aliphatic heterocycles. The van der Waals surface area contributed by atoms with Gasteiger partial charge in [-0.05, 0) is 42.5 Å². The SMILES string of the molecule is O=C(CCN1Cc2ccccc2C1=O)NC1CCCc2ccoc21. The third kappa shape index (κ3) is 2.70. The standard InChI is InChI=1S/C19H20N2O3/c22-17(20-16-7-3-5-13-9-11-24-18(13)16)8-10-21-12-14-4-1-2-6-15(14)19(21)23/h1-2,4,6,9,11,16H,3,5,7-8,10,12H2,(H,20,22). The van der Waals surface area contributed by atoms with E-state index in [1.54, 1.807) is 11.2 Å². The first-order valence-electron chi connectivity index (χ1n) is 8.45. The molecule has 5 heteroatoms. The molecule has 0 spiro atoms. The van der Waals surface area contributed by atoms with Crippen molar-refractivity contribution in [3.05, 3.63) is 59.0 Å². The second kappa shape index (κ2) is 6.15. The number of aryl methyl sites for hydroxylation is 1. The van der Waals surface area contributed by atoms with Crippen molar-refractivity contribution in [2.75, 3.05) is 6.54 Å². The van der Waals surface area contributed by atoms with Crippen LogP contribution >= 0.6 is 0 Å². The van der Waals surface area contributed by atoms with Crippen LogP contribution in [0.15, 0.2) is 41.0 Å². The molecule has 0 saturated carbocycles. The number of nitrogens with one attached hydrogen (secondary N) is 1. The Kier molecular flexibility index (Phi) is 3.84. The predicted octanol–water partition coefficient (Wildman–Crippen LogP) is 2.82. The lowest BCUT2D eigenvalue weighted by Gasteiger charge is -2.23. The Morgan fingerprint density at radius 3 is 3.00 bits per heavy atom. The highest BCUT2D eigenvalue weighted by Crippen LogP contribution is 2.30. The molecule has 1 unspecified atom stereocenters. The zero-order chi connectivity index (χ0) is 16.5. The van der Waals surface area contributed by atoms with Crippen molar-refractivity contribution in [1.29, 1.82) is 0 Å². The van der Waals surface area contributed by atoms with E-state index in [9.17, 15) is 9.59 Å². The monoisotopic (exact) mass is 324 g/mol. The summed E-state index contributed by atoms with van der Waals surface area (Å²) in [6, 6.07) is 9.56. The summed E-state index contributed by atoms with van der Waals surface area (Å²) in [6.45, 7) is 1.03. The van der Waals surface area contributed by atoms with E-state index in [0.29, 0.717) is 19.5 Å². The zero-order valence-electron chi connectivity index (χ0n) is 13.5. The average Bonchev–Trinajstić information content (AvgIpc) is 3.19. The number of furan rings is 1. The summed E-state index contributed by atoms with van der Waals surface area (Å²) < 4.78 is 5.53. The van der Waals surface area contributed by atoms with Crippen molar-refractivity contribution in [3.63, 3.8) is 0 Å². The number of fused-ring (bicyclic) bond motifs is 2. The summed E-state index contributed by atoms with van der Waals surface area (Å²) >= 11 is 0. The minimum Gasteiger partial charge on any atom is -0.467 e. The second-order valence-corrected chi connectivity index (χ2v) is 6.46. The van der Waals surface area contributed by atoms with Crippen LogP contribution in [0.5, 0.6) is 0 Å². The highest BCUT2D eigenvalue weighted by molar-refractivity contribution is 5.98. The zero-order valence-corrected chi connectivity index (χ0v) is 13.5. The van der Waals surface area contributed by atoms with Crippen LogP contribution in [0.1, 0.15) is 52.5 Å². The van der Waals surface area contributed by atoms with Gasteiger partial charge in [-0.15, -0.1) is 0 Å². The van der Waals surface area contributed by atoms with E-state index in [4.69, 9.17) is 4.42 Å². The van der Waals surface area contributed by atoms with Gasteiger partial charge in [0.25, 0.3) is 5.91 Å². The Morgan fingerprint density at radius 1 is 1.25 bits per heavy atom. The minimum atomic E-state index is -0.0391. The third-order valence-corrected chi connectivity index (χ3v) is 4.88. The Balaban J connectivity index is 1.33. The maximum absolute atomic E-state index is 12.3. The van der Waals surface area contributed by atoms with Gasteiger partial charge in [0.2, 0.25) is 5.91 Å². The topological polar surface area (TPSA) is 62.6 Å². The second-order valence-electron chi connectivity index (χ2n) is 6.46. The summed E-state index contributed by atoms with van der Waals surface area (Å²) in [5.41, 5.74) is 2.98. The molecule has 5 nitrogen and oxygen atoms in total. The number of hydrogen-bond donors (Lipinski definition) is 1. The van der Waals surface area contributed by atoms with Gasteiger partial charge >= 0.3 is 0 Å². The van der Waals surface area contributed by atoms with Crippen LogP contribution in [0, 0.1) is 0 Å². The molecular formula is C19H20N2O3. The number of nitrogens with zero attached hydrogens (tertiary/aromatic N) is 1. The summed E-state index contributed by atoms with van der Waals surface area (Å²) in [4.78, 5) is 26.3. The lowest BCUT2D eigenvalue weighted by molar-refractivity contribution is -0.122. The largest absolute Gasteiger partial charge is 0.467 e. The number of benzene rings is 1. The fraction of sp³-hybridized carbons (Fsp3) is 0.368. The molecule has 1 aromatic heterocycles. The highest BCUT2D eigenvalue weighted by atomic mass is 16.3. The van der Waals surface area contributed by atoms with E-state index in [1.165, 1.54) is 5.56 Å². The molecule has 124 valence electrons. The molecule has 2 heterocycles. The first-order valence-corrected chi connectivity index (χ1v) is 8.45. The number of rotatable bonds is 4. The Labute approximate surface area is 140 Å².